The molecule has 2 nitrogen and oxygen atoms in total. The molecule has 0 unspecified atom stereocenters. The molecule has 1 aromatic carbocycles. The van der Waals surface area contributed by atoms with Gasteiger partial charge in [0, 0.05) is 5.69 Å². The van der Waals surface area contributed by atoms with E-state index < -0.39 is 6.56 Å². The van der Waals surface area contributed by atoms with Crippen LogP contribution >= 0.6 is 0 Å². The van der Waals surface area contributed by atoms with Crippen molar-refractivity contribution in [1.82, 2.24) is 0 Å². The molecular weight excluding hydrogens is 126 g/mol. The van der Waals surface area contributed by atoms with Gasteiger partial charge in [0.25, 0.3) is 0 Å². The molecular formula is C8H11NO. The second-order valence-electron chi connectivity index (χ2n) is 2.18. The summed E-state index contributed by atoms with van der Waals surface area (Å²) >= 11 is 0. The van der Waals surface area contributed by atoms with E-state index in [2.05, 4.69) is 0 Å². The molecule has 0 bridgehead atoms. The fraction of sp³-hybridized carbons (Fsp3) is 0.250. The van der Waals surface area contributed by atoms with E-state index in [-0.39, 0.29) is 5.56 Å². The summed E-state index contributed by atoms with van der Waals surface area (Å²) in [4.78, 5) is 0. The van der Waals surface area contributed by atoms with Gasteiger partial charge in [-0.3, -0.25) is 0 Å². The van der Waals surface area contributed by atoms with E-state index in [1.807, 2.05) is 6.92 Å². The van der Waals surface area contributed by atoms with Crippen molar-refractivity contribution in [2.75, 3.05) is 5.73 Å². The molecule has 1 aromatic rings. The normalized spacial score (nSPS) is 14.2. The van der Waals surface area contributed by atoms with Gasteiger partial charge in [-0.15, -0.1) is 0 Å². The average molecular weight is 139 g/mol. The highest BCUT2D eigenvalue weighted by atomic mass is 16.3. The van der Waals surface area contributed by atoms with E-state index in [4.69, 9.17) is 13.6 Å². The van der Waals surface area contributed by atoms with Crippen LogP contribution in [-0.4, -0.2) is 5.11 Å². The van der Waals surface area contributed by atoms with Crippen LogP contribution in [0, 0.1) is 6.92 Å². The molecule has 0 aliphatic heterocycles. The fourth-order valence-corrected chi connectivity index (χ4v) is 0.710. The first kappa shape index (κ1) is 4.74. The maximum atomic E-state index is 8.98. The third kappa shape index (κ3) is 1.28. The summed E-state index contributed by atoms with van der Waals surface area (Å²) in [6.45, 7) is -0.478. The standard InChI is InChI=1S/C8H11NO/c1-6-2-3-7(5-10)4-8(6)9/h2-4,10H,5,9H2,1H3/i5D2. The minimum atomic E-state index is -2.30. The van der Waals surface area contributed by atoms with Gasteiger partial charge in [-0.2, -0.15) is 0 Å². The fourth-order valence-electron chi connectivity index (χ4n) is 0.710. The van der Waals surface area contributed by atoms with E-state index >= 15 is 0 Å². The van der Waals surface area contributed by atoms with Crippen molar-refractivity contribution in [3.8, 4) is 0 Å². The Labute approximate surface area is 63.1 Å². The molecule has 0 heterocycles. The van der Waals surface area contributed by atoms with Crippen molar-refractivity contribution in [3.05, 3.63) is 29.3 Å². The smallest absolute Gasteiger partial charge is 0.0682 e. The van der Waals surface area contributed by atoms with Crippen molar-refractivity contribution < 1.29 is 7.85 Å². The Morgan fingerprint density at radius 1 is 1.70 bits per heavy atom. The topological polar surface area (TPSA) is 46.2 Å². The molecule has 0 fully saturated rings. The Balaban J connectivity index is 3.14. The monoisotopic (exact) mass is 139 g/mol. The zero-order chi connectivity index (χ0) is 9.35. The van der Waals surface area contributed by atoms with Gasteiger partial charge < -0.3 is 10.8 Å². The molecule has 0 saturated heterocycles. The lowest BCUT2D eigenvalue weighted by molar-refractivity contribution is 0.282. The number of nitrogen functional groups attached to an aromatic ring is 1. The minimum Gasteiger partial charge on any atom is -0.399 e. The van der Waals surface area contributed by atoms with Crippen molar-refractivity contribution in [2.24, 2.45) is 0 Å². The largest absolute Gasteiger partial charge is 0.399 e. The first-order valence-electron chi connectivity index (χ1n) is 4.00. The molecule has 0 radical (unpaired) electrons. The van der Waals surface area contributed by atoms with E-state index in [9.17, 15) is 0 Å². The minimum absolute atomic E-state index is 0.186. The van der Waals surface area contributed by atoms with Crippen molar-refractivity contribution in [2.45, 2.75) is 13.5 Å². The van der Waals surface area contributed by atoms with E-state index in [0.29, 0.717) is 5.69 Å². The van der Waals surface area contributed by atoms with Gasteiger partial charge >= 0.3 is 0 Å². The highest BCUT2D eigenvalue weighted by Gasteiger charge is 1.93. The van der Waals surface area contributed by atoms with Crippen LogP contribution in [0.4, 0.5) is 5.69 Å². The highest BCUT2D eigenvalue weighted by molar-refractivity contribution is 5.48. The first-order chi connectivity index (χ1) is 5.41. The molecule has 0 atom stereocenters. The van der Waals surface area contributed by atoms with E-state index in [1.165, 1.54) is 12.1 Å². The molecule has 0 aliphatic carbocycles. The predicted octanol–water partition coefficient (Wildman–Crippen LogP) is 1.07. The molecule has 1 rings (SSSR count). The number of aryl methyl sites for hydroxylation is 1. The maximum absolute atomic E-state index is 8.98. The summed E-state index contributed by atoms with van der Waals surface area (Å²) in [5, 5.41) is 8.98. The van der Waals surface area contributed by atoms with Crippen LogP contribution in [0.5, 0.6) is 0 Å². The second kappa shape index (κ2) is 2.71. The van der Waals surface area contributed by atoms with E-state index in [1.54, 1.807) is 6.07 Å². The predicted molar refractivity (Wildman–Crippen MR) is 41.5 cm³/mol. The molecule has 54 valence electrons. The Hall–Kier alpha value is -1.02. The Kier molecular flexibility index (Phi) is 1.28. The van der Waals surface area contributed by atoms with Gasteiger partial charge in [-0.05, 0) is 24.1 Å². The van der Waals surface area contributed by atoms with Crippen LogP contribution in [0.15, 0.2) is 18.2 Å². The Morgan fingerprint density at radius 2 is 2.40 bits per heavy atom. The number of anilines is 1. The van der Waals surface area contributed by atoms with Crippen LogP contribution in [0.25, 0.3) is 0 Å². The SMILES string of the molecule is [2H]C([2H])(O)c1ccc(C)c(N)c1. The Bertz CT molecular complexity index is 294. The average Bonchev–Trinajstić information content (AvgIpc) is 1.92. The van der Waals surface area contributed by atoms with Crippen molar-refractivity contribution in [1.29, 1.82) is 0 Å². The number of aliphatic hydroxyl groups is 1. The van der Waals surface area contributed by atoms with E-state index in [0.717, 1.165) is 5.56 Å². The van der Waals surface area contributed by atoms with Gasteiger partial charge in [-0.25, -0.2) is 0 Å². The van der Waals surface area contributed by atoms with Gasteiger partial charge in [0.05, 0.1) is 9.30 Å². The van der Waals surface area contributed by atoms with Crippen LogP contribution in [0.2, 0.25) is 0 Å². The Morgan fingerprint density at radius 3 is 2.90 bits per heavy atom. The second-order valence-corrected chi connectivity index (χ2v) is 2.18. The summed E-state index contributed by atoms with van der Waals surface area (Å²) in [5.41, 5.74) is 7.09. The highest BCUT2D eigenvalue weighted by Crippen LogP contribution is 2.12. The van der Waals surface area contributed by atoms with Gasteiger partial charge in [0.15, 0.2) is 0 Å². The third-order valence-corrected chi connectivity index (χ3v) is 1.41. The lowest BCUT2D eigenvalue weighted by atomic mass is 10.1. The number of rotatable bonds is 1. The molecule has 0 aromatic heterocycles. The van der Waals surface area contributed by atoms with Crippen molar-refractivity contribution in [3.63, 3.8) is 0 Å². The molecule has 0 spiro atoms. The van der Waals surface area contributed by atoms with Gasteiger partial charge in [0.2, 0.25) is 0 Å². The summed E-state index contributed by atoms with van der Waals surface area (Å²) in [7, 11) is 0. The number of benzene rings is 1. The van der Waals surface area contributed by atoms with Gasteiger partial charge in [0.1, 0.15) is 0 Å². The summed E-state index contributed by atoms with van der Waals surface area (Å²) in [5.74, 6) is 0. The van der Waals surface area contributed by atoms with Crippen LogP contribution in [-0.2, 0) is 6.56 Å². The summed E-state index contributed by atoms with van der Waals surface area (Å²) in [6, 6.07) is 4.64. The van der Waals surface area contributed by atoms with Crippen LogP contribution < -0.4 is 5.73 Å². The first-order valence-corrected chi connectivity index (χ1v) is 3.00. The van der Waals surface area contributed by atoms with Gasteiger partial charge in [-0.1, -0.05) is 12.1 Å². The van der Waals surface area contributed by atoms with Crippen LogP contribution in [0.3, 0.4) is 0 Å². The lowest BCUT2D eigenvalue weighted by Gasteiger charge is -2.00. The molecule has 0 amide bonds. The quantitative estimate of drug-likeness (QED) is 0.572. The lowest BCUT2D eigenvalue weighted by Crippen LogP contribution is -1.91. The molecule has 0 aliphatic rings. The molecule has 2 heteroatoms. The zero-order valence-corrected chi connectivity index (χ0v) is 5.76. The summed E-state index contributed by atoms with van der Waals surface area (Å²) < 4.78 is 14.0. The molecule has 3 N–H and O–H groups in total. The summed E-state index contributed by atoms with van der Waals surface area (Å²) in [6.07, 6.45) is 0. The number of nitrogens with two attached hydrogens (primary N) is 1. The third-order valence-electron chi connectivity index (χ3n) is 1.41. The maximum Gasteiger partial charge on any atom is 0.0682 e. The number of hydrogen-bond donors (Lipinski definition) is 2. The number of hydrogen-bond acceptors (Lipinski definition) is 2. The van der Waals surface area contributed by atoms with Crippen LogP contribution in [0.1, 0.15) is 13.9 Å². The van der Waals surface area contributed by atoms with Crippen molar-refractivity contribution >= 4 is 5.69 Å². The zero-order valence-electron chi connectivity index (χ0n) is 7.76. The molecule has 0 saturated carbocycles. The molecule has 10 heavy (non-hydrogen) atoms.